The molecule has 0 atom stereocenters. The second kappa shape index (κ2) is 16.8. The molecule has 1 aliphatic carbocycles. The zero-order chi connectivity index (χ0) is 38.1. The number of thiophene rings is 1. The van der Waals surface area contributed by atoms with Gasteiger partial charge in [0.15, 0.2) is 0 Å². The molecule has 55 heavy (non-hydrogen) atoms. The maximum absolute atomic E-state index is 4.77. The minimum absolute atomic E-state index is 0. The molecule has 0 saturated heterocycles. The van der Waals surface area contributed by atoms with E-state index in [1.54, 1.807) is 0 Å². The first-order valence-corrected chi connectivity index (χ1v) is 24.0. The SMILES string of the molecule is CC(C)(C)Cc1cc(-c2[c-]cccc2)ncc1[Si](C)(C)C.CC(C)(c1ccnc(-c2[c-]cc3sc4cccc(-c5ccccc5)c4c3c2)c1)C1CCCC1.[Ir]. The third-order valence-electron chi connectivity index (χ3n) is 11.2. The number of pyridine rings is 2. The number of hydrogen-bond acceptors (Lipinski definition) is 3. The second-order valence-corrected chi connectivity index (χ2v) is 24.0. The maximum atomic E-state index is 4.77. The van der Waals surface area contributed by atoms with E-state index in [1.807, 2.05) is 35.7 Å². The van der Waals surface area contributed by atoms with Crippen LogP contribution in [0.1, 0.15) is 71.4 Å². The summed E-state index contributed by atoms with van der Waals surface area (Å²) in [5, 5.41) is 4.11. The van der Waals surface area contributed by atoms with Gasteiger partial charge in [-0.2, -0.15) is 11.3 Å². The van der Waals surface area contributed by atoms with Crippen molar-refractivity contribution < 1.29 is 20.1 Å². The van der Waals surface area contributed by atoms with Crippen molar-refractivity contribution in [2.75, 3.05) is 0 Å². The summed E-state index contributed by atoms with van der Waals surface area (Å²) in [5.41, 5.74) is 10.1. The van der Waals surface area contributed by atoms with E-state index in [4.69, 9.17) is 9.97 Å². The third kappa shape index (κ3) is 9.29. The van der Waals surface area contributed by atoms with E-state index in [0.717, 1.165) is 34.9 Å². The van der Waals surface area contributed by atoms with Crippen molar-refractivity contribution in [1.82, 2.24) is 9.97 Å². The van der Waals surface area contributed by atoms with Crippen LogP contribution in [0.3, 0.4) is 0 Å². The average molecular weight is 935 g/mol. The van der Waals surface area contributed by atoms with Crippen molar-refractivity contribution in [3.63, 3.8) is 0 Å². The molecule has 0 aliphatic heterocycles. The van der Waals surface area contributed by atoms with Crippen LogP contribution in [0.4, 0.5) is 0 Å². The molecule has 4 aromatic carbocycles. The Morgan fingerprint density at radius 3 is 2.16 bits per heavy atom. The summed E-state index contributed by atoms with van der Waals surface area (Å²) in [4.78, 5) is 9.48. The fraction of sp³-hybridized carbons (Fsp3) is 0.320. The van der Waals surface area contributed by atoms with Crippen LogP contribution >= 0.6 is 11.3 Å². The maximum Gasteiger partial charge on any atom is 0.0798 e. The van der Waals surface area contributed by atoms with Gasteiger partial charge in [-0.15, -0.1) is 59.7 Å². The van der Waals surface area contributed by atoms with Gasteiger partial charge in [0.2, 0.25) is 0 Å². The first-order chi connectivity index (χ1) is 25.8. The molecule has 7 aromatic rings. The van der Waals surface area contributed by atoms with E-state index in [-0.39, 0.29) is 30.9 Å². The molecule has 2 nitrogen and oxygen atoms in total. The molecular weight excluding hydrogens is 881 g/mol. The first kappa shape index (κ1) is 40.9. The molecule has 0 amide bonds. The van der Waals surface area contributed by atoms with E-state index in [1.165, 1.54) is 73.3 Å². The average Bonchev–Trinajstić information content (AvgIpc) is 3.84. The Morgan fingerprint density at radius 1 is 0.745 bits per heavy atom. The van der Waals surface area contributed by atoms with Gasteiger partial charge in [-0.25, -0.2) is 0 Å². The first-order valence-electron chi connectivity index (χ1n) is 19.6. The third-order valence-corrected chi connectivity index (χ3v) is 14.4. The second-order valence-electron chi connectivity index (χ2n) is 17.9. The Morgan fingerprint density at radius 2 is 1.47 bits per heavy atom. The molecule has 0 spiro atoms. The minimum atomic E-state index is -1.37. The predicted octanol–water partition coefficient (Wildman–Crippen LogP) is 13.7. The van der Waals surface area contributed by atoms with Gasteiger partial charge in [-0.3, -0.25) is 0 Å². The quantitative estimate of drug-likeness (QED) is 0.118. The number of rotatable bonds is 7. The smallest absolute Gasteiger partial charge is 0.0798 e. The number of nitrogens with zero attached hydrogens (tertiary/aromatic N) is 2. The molecule has 1 fully saturated rings. The Balaban J connectivity index is 0.000000204. The van der Waals surface area contributed by atoms with Crippen LogP contribution in [-0.4, -0.2) is 18.0 Å². The molecule has 0 unspecified atom stereocenters. The van der Waals surface area contributed by atoms with Gasteiger partial charge in [0.1, 0.15) is 0 Å². The summed E-state index contributed by atoms with van der Waals surface area (Å²) in [6.07, 6.45) is 10.6. The fourth-order valence-electron chi connectivity index (χ4n) is 8.23. The summed E-state index contributed by atoms with van der Waals surface area (Å²) in [5.74, 6) is 0.758. The fourth-order valence-corrected chi connectivity index (χ4v) is 10.9. The van der Waals surface area contributed by atoms with E-state index in [0.29, 0.717) is 0 Å². The van der Waals surface area contributed by atoms with Crippen LogP contribution in [0.15, 0.2) is 116 Å². The Hall–Kier alpha value is -3.73. The number of aromatic nitrogens is 2. The number of hydrogen-bond donors (Lipinski definition) is 0. The monoisotopic (exact) mass is 935 g/mol. The van der Waals surface area contributed by atoms with Crippen LogP contribution in [0, 0.1) is 23.5 Å². The zero-order valence-corrected chi connectivity index (χ0v) is 37.9. The van der Waals surface area contributed by atoms with E-state index in [2.05, 4.69) is 158 Å². The summed E-state index contributed by atoms with van der Waals surface area (Å²) in [6.45, 7) is 18.9. The Bertz CT molecular complexity index is 2360. The molecule has 8 rings (SSSR count). The van der Waals surface area contributed by atoms with Gasteiger partial charge in [0, 0.05) is 37.2 Å². The summed E-state index contributed by atoms with van der Waals surface area (Å²) in [6, 6.07) is 43.5. The van der Waals surface area contributed by atoms with Gasteiger partial charge in [0.25, 0.3) is 0 Å². The normalized spacial score (nSPS) is 13.7. The van der Waals surface area contributed by atoms with Gasteiger partial charge >= 0.3 is 0 Å². The van der Waals surface area contributed by atoms with Crippen molar-refractivity contribution in [1.29, 1.82) is 0 Å². The molecular formula is C50H54IrN2SSi-2. The van der Waals surface area contributed by atoms with Crippen LogP contribution in [-0.2, 0) is 31.9 Å². The predicted molar refractivity (Wildman–Crippen MR) is 236 cm³/mol. The van der Waals surface area contributed by atoms with Crippen molar-refractivity contribution in [2.45, 2.75) is 91.8 Å². The van der Waals surface area contributed by atoms with Crippen LogP contribution in [0.2, 0.25) is 19.6 Å². The summed E-state index contributed by atoms with van der Waals surface area (Å²) < 4.78 is 2.60. The molecule has 285 valence electrons. The standard InChI is InChI=1S/C31H28NS.C19H26NSi.Ir/c1-31(2,23-11-6-7-12-23)24-17-18-32-27(20-24)22-15-16-28-26(19-22)30-25(13-8-14-29(30)33-28)21-9-4-3-5-10-21;1-19(2,3)13-16-12-17(15-10-8-7-9-11-15)20-14-18(16)21(4,5)6;/h3-5,8-10,13-14,16-20,23H,6-7,11-12H2,1-2H3;7-10,12,14H,13H2,1-6H3;/q2*-1;. The van der Waals surface area contributed by atoms with E-state index >= 15 is 0 Å². The topological polar surface area (TPSA) is 25.8 Å². The van der Waals surface area contributed by atoms with Crippen LogP contribution in [0.25, 0.3) is 53.8 Å². The van der Waals surface area contributed by atoms with Crippen molar-refractivity contribution in [2.24, 2.45) is 11.3 Å². The van der Waals surface area contributed by atoms with Gasteiger partial charge in [-0.1, -0.05) is 133 Å². The molecule has 3 aromatic heterocycles. The molecule has 3 heterocycles. The molecule has 5 heteroatoms. The van der Waals surface area contributed by atoms with Crippen molar-refractivity contribution >= 4 is 44.8 Å². The van der Waals surface area contributed by atoms with Gasteiger partial charge < -0.3 is 9.97 Å². The summed E-state index contributed by atoms with van der Waals surface area (Å²) >= 11 is 1.85. The summed E-state index contributed by atoms with van der Waals surface area (Å²) in [7, 11) is -1.37. The zero-order valence-electron chi connectivity index (χ0n) is 33.7. The molecule has 0 bridgehead atoms. The Labute approximate surface area is 348 Å². The number of benzene rings is 4. The Kier molecular flexibility index (Phi) is 12.5. The van der Waals surface area contributed by atoms with E-state index < -0.39 is 8.07 Å². The van der Waals surface area contributed by atoms with Crippen LogP contribution < -0.4 is 5.19 Å². The molecule has 1 radical (unpaired) electrons. The molecule has 1 saturated carbocycles. The molecule has 0 N–H and O–H groups in total. The van der Waals surface area contributed by atoms with E-state index in [9.17, 15) is 0 Å². The largest absolute Gasteiger partial charge is 0.305 e. The van der Waals surface area contributed by atoms with Gasteiger partial charge in [0.05, 0.1) is 8.07 Å². The van der Waals surface area contributed by atoms with Gasteiger partial charge in [-0.05, 0) is 91.5 Å². The number of fused-ring (bicyclic) bond motifs is 3. The minimum Gasteiger partial charge on any atom is -0.305 e. The van der Waals surface area contributed by atoms with Crippen LogP contribution in [0.5, 0.6) is 0 Å². The van der Waals surface area contributed by atoms with Crippen molar-refractivity contribution in [3.8, 4) is 33.6 Å². The molecule has 1 aliphatic rings. The van der Waals surface area contributed by atoms with Crippen molar-refractivity contribution in [3.05, 3.63) is 139 Å².